The molecule has 0 atom stereocenters. The highest BCUT2D eigenvalue weighted by Crippen LogP contribution is 2.22. The van der Waals surface area contributed by atoms with Crippen LogP contribution in [0.1, 0.15) is 17.0 Å². The van der Waals surface area contributed by atoms with E-state index in [1.807, 2.05) is 98.8 Å². The molecule has 4 aromatic rings. The summed E-state index contributed by atoms with van der Waals surface area (Å²) in [4.78, 5) is 13.6. The van der Waals surface area contributed by atoms with Gasteiger partial charge in [0.05, 0.1) is 0 Å². The third-order valence-corrected chi connectivity index (χ3v) is 5.58. The fourth-order valence-corrected chi connectivity index (χ4v) is 3.79. The van der Waals surface area contributed by atoms with Gasteiger partial charge in [-0.2, -0.15) is 0 Å². The van der Waals surface area contributed by atoms with Crippen molar-refractivity contribution in [2.75, 3.05) is 17.2 Å². The van der Waals surface area contributed by atoms with E-state index >= 15 is 0 Å². The predicted molar refractivity (Wildman–Crippen MR) is 155 cm³/mol. The van der Waals surface area contributed by atoms with E-state index in [4.69, 9.17) is 28.6 Å². The van der Waals surface area contributed by atoms with Gasteiger partial charge in [-0.3, -0.25) is 10.3 Å². The first-order valence-electron chi connectivity index (χ1n) is 11.7. The number of ether oxygens (including phenoxy) is 1. The van der Waals surface area contributed by atoms with Gasteiger partial charge in [0.2, 0.25) is 11.9 Å². The van der Waals surface area contributed by atoms with E-state index in [-0.39, 0.29) is 0 Å². The van der Waals surface area contributed by atoms with Gasteiger partial charge in [0, 0.05) is 28.6 Å². The van der Waals surface area contributed by atoms with Crippen molar-refractivity contribution < 1.29 is 4.74 Å². The summed E-state index contributed by atoms with van der Waals surface area (Å²) in [6.07, 6.45) is 0.737. The number of guanidine groups is 1. The molecule has 0 aliphatic rings. The van der Waals surface area contributed by atoms with Crippen LogP contribution >= 0.6 is 23.8 Å². The number of thiocarbonyl (C=S) groups is 1. The Kier molecular flexibility index (Phi) is 9.02. The topological polar surface area (TPSA) is 83.5 Å². The zero-order chi connectivity index (χ0) is 26.0. The van der Waals surface area contributed by atoms with Crippen molar-refractivity contribution in [2.45, 2.75) is 20.3 Å². The Labute approximate surface area is 227 Å². The van der Waals surface area contributed by atoms with E-state index < -0.39 is 0 Å². The maximum atomic E-state index is 5.99. The summed E-state index contributed by atoms with van der Waals surface area (Å²) in [6.45, 7) is 4.36. The second kappa shape index (κ2) is 12.8. The number of aliphatic imine (C=N–C) groups is 1. The number of benzene rings is 3. The van der Waals surface area contributed by atoms with Crippen molar-refractivity contribution in [3.63, 3.8) is 0 Å². The lowest BCUT2D eigenvalue weighted by Gasteiger charge is -2.15. The number of halogens is 1. The number of aryl methyl sites for hydroxylation is 2. The molecule has 0 amide bonds. The minimum Gasteiger partial charge on any atom is -0.457 e. The minimum absolute atomic E-state index is 0.374. The number of nitrogens with zero attached hydrogens (tertiary/aromatic N) is 3. The largest absolute Gasteiger partial charge is 0.457 e. The molecule has 0 fully saturated rings. The van der Waals surface area contributed by atoms with Crippen LogP contribution in [0.3, 0.4) is 0 Å². The number of hydrogen-bond donors (Lipinski definition) is 3. The number of rotatable bonds is 7. The molecule has 3 N–H and O–H groups in total. The molecule has 4 rings (SSSR count). The summed E-state index contributed by atoms with van der Waals surface area (Å²) < 4.78 is 5.85. The van der Waals surface area contributed by atoms with Gasteiger partial charge in [0.15, 0.2) is 5.11 Å². The molecule has 0 saturated carbocycles. The molecule has 188 valence electrons. The normalized spacial score (nSPS) is 11.1. The van der Waals surface area contributed by atoms with Gasteiger partial charge < -0.3 is 15.4 Å². The van der Waals surface area contributed by atoms with Crippen molar-refractivity contribution in [3.8, 4) is 11.5 Å². The summed E-state index contributed by atoms with van der Waals surface area (Å²) in [7, 11) is 0. The van der Waals surface area contributed by atoms with Crippen molar-refractivity contribution in [1.82, 2.24) is 15.3 Å². The Morgan fingerprint density at radius 3 is 2.19 bits per heavy atom. The predicted octanol–water partition coefficient (Wildman–Crippen LogP) is 6.54. The van der Waals surface area contributed by atoms with Crippen LogP contribution in [-0.4, -0.2) is 27.6 Å². The quantitative estimate of drug-likeness (QED) is 0.142. The first-order valence-corrected chi connectivity index (χ1v) is 12.5. The molecule has 9 heteroatoms. The smallest absolute Gasteiger partial charge is 0.229 e. The Bertz CT molecular complexity index is 1340. The summed E-state index contributed by atoms with van der Waals surface area (Å²) in [6, 6.07) is 26.8. The van der Waals surface area contributed by atoms with Crippen LogP contribution < -0.4 is 20.7 Å². The molecule has 1 aromatic heterocycles. The summed E-state index contributed by atoms with van der Waals surface area (Å²) in [5.74, 6) is 2.40. The lowest BCUT2D eigenvalue weighted by atomic mass is 10.1. The summed E-state index contributed by atoms with van der Waals surface area (Å²) >= 11 is 11.5. The van der Waals surface area contributed by atoms with E-state index in [0.717, 1.165) is 40.6 Å². The first-order chi connectivity index (χ1) is 17.9. The number of hydrogen-bond acceptors (Lipinski definition) is 5. The second-order valence-corrected chi connectivity index (χ2v) is 9.07. The third-order valence-electron chi connectivity index (χ3n) is 5.12. The van der Waals surface area contributed by atoms with Crippen molar-refractivity contribution in [1.29, 1.82) is 0 Å². The van der Waals surface area contributed by atoms with Crippen LogP contribution in [0.25, 0.3) is 0 Å². The third kappa shape index (κ3) is 8.56. The molecule has 7 nitrogen and oxygen atoms in total. The number of para-hydroxylation sites is 1. The zero-order valence-electron chi connectivity index (χ0n) is 20.5. The van der Waals surface area contributed by atoms with Crippen molar-refractivity contribution in [3.05, 3.63) is 107 Å². The van der Waals surface area contributed by atoms with Crippen molar-refractivity contribution >= 4 is 46.5 Å². The number of aromatic nitrogens is 2. The molecule has 0 saturated heterocycles. The lowest BCUT2D eigenvalue weighted by molar-refractivity contribution is 0.483. The molecule has 1 heterocycles. The standard InChI is InChI=1S/C28H27ClN6OS/c1-19-18-20(2)32-27(31-19)34-26(30-17-16-21-8-10-22(29)11-9-21)35-28(37)33-23-12-14-25(15-13-23)36-24-6-4-3-5-7-24/h3-15,18H,16-17H2,1-2H3,(H3,30,31,32,33,34,35,37). The van der Waals surface area contributed by atoms with Crippen LogP contribution in [0, 0.1) is 13.8 Å². The fraction of sp³-hybridized carbons (Fsp3) is 0.143. The van der Waals surface area contributed by atoms with Crippen LogP contribution in [0.4, 0.5) is 11.6 Å². The van der Waals surface area contributed by atoms with Gasteiger partial charge in [0.25, 0.3) is 0 Å². The molecule has 0 unspecified atom stereocenters. The summed E-state index contributed by atoms with van der Waals surface area (Å²) in [5, 5.41) is 10.5. The molecular formula is C28H27ClN6OS. The Morgan fingerprint density at radius 1 is 0.865 bits per heavy atom. The molecule has 0 aliphatic heterocycles. The van der Waals surface area contributed by atoms with Crippen LogP contribution in [0.5, 0.6) is 11.5 Å². The van der Waals surface area contributed by atoms with Crippen molar-refractivity contribution in [2.24, 2.45) is 4.99 Å². The molecule has 3 aromatic carbocycles. The monoisotopic (exact) mass is 530 g/mol. The van der Waals surface area contributed by atoms with Gasteiger partial charge in [-0.1, -0.05) is 41.9 Å². The van der Waals surface area contributed by atoms with Gasteiger partial charge in [-0.05, 0) is 92.6 Å². The zero-order valence-corrected chi connectivity index (χ0v) is 22.1. The first kappa shape index (κ1) is 26.1. The lowest BCUT2D eigenvalue weighted by Crippen LogP contribution is -2.39. The molecule has 0 radical (unpaired) electrons. The average Bonchev–Trinajstić information content (AvgIpc) is 2.86. The number of nitrogens with one attached hydrogen (secondary N) is 3. The summed E-state index contributed by atoms with van der Waals surface area (Å²) in [5.41, 5.74) is 3.65. The van der Waals surface area contributed by atoms with E-state index in [1.165, 1.54) is 0 Å². The molecular weight excluding hydrogens is 504 g/mol. The Balaban J connectivity index is 1.41. The van der Waals surface area contributed by atoms with Gasteiger partial charge in [-0.25, -0.2) is 9.97 Å². The van der Waals surface area contributed by atoms with Crippen LogP contribution in [-0.2, 0) is 6.42 Å². The van der Waals surface area contributed by atoms with Gasteiger partial charge in [-0.15, -0.1) is 0 Å². The maximum Gasteiger partial charge on any atom is 0.229 e. The highest BCUT2D eigenvalue weighted by molar-refractivity contribution is 7.80. The highest BCUT2D eigenvalue weighted by Gasteiger charge is 2.08. The molecule has 37 heavy (non-hydrogen) atoms. The second-order valence-electron chi connectivity index (χ2n) is 8.22. The van der Waals surface area contributed by atoms with E-state index in [0.29, 0.717) is 28.6 Å². The fourth-order valence-electron chi connectivity index (χ4n) is 3.45. The SMILES string of the molecule is Cc1cc(C)nc(NC(=NCCc2ccc(Cl)cc2)NC(=S)Nc2ccc(Oc3ccccc3)cc2)n1. The van der Waals surface area contributed by atoms with E-state index in [9.17, 15) is 0 Å². The van der Waals surface area contributed by atoms with E-state index in [2.05, 4.69) is 30.9 Å². The highest BCUT2D eigenvalue weighted by atomic mass is 35.5. The van der Waals surface area contributed by atoms with Crippen LogP contribution in [0.2, 0.25) is 5.02 Å². The van der Waals surface area contributed by atoms with Crippen LogP contribution in [0.15, 0.2) is 89.9 Å². The molecule has 0 spiro atoms. The maximum absolute atomic E-state index is 5.99. The Hall–Kier alpha value is -4.01. The number of anilines is 2. The Morgan fingerprint density at radius 2 is 1.51 bits per heavy atom. The minimum atomic E-state index is 0.374. The van der Waals surface area contributed by atoms with Gasteiger partial charge in [0.1, 0.15) is 11.5 Å². The molecule has 0 aliphatic carbocycles. The van der Waals surface area contributed by atoms with Gasteiger partial charge >= 0.3 is 0 Å². The average molecular weight is 531 g/mol. The van der Waals surface area contributed by atoms with E-state index in [1.54, 1.807) is 0 Å². The molecule has 0 bridgehead atoms.